The number of rotatable bonds is 8. The molecule has 1 N–H and O–H groups in total. The van der Waals surface area contributed by atoms with Crippen LogP contribution in [0.25, 0.3) is 17.3 Å². The largest absolute Gasteiger partial charge is 0.495 e. The molecule has 0 spiro atoms. The summed E-state index contributed by atoms with van der Waals surface area (Å²) >= 11 is 7.50. The number of benzene rings is 2. The Kier molecular flexibility index (Phi) is 7.38. The summed E-state index contributed by atoms with van der Waals surface area (Å²) in [6.45, 7) is 0. The highest BCUT2D eigenvalue weighted by molar-refractivity contribution is 7.14. The zero-order chi connectivity index (χ0) is 22.4. The molecule has 7 nitrogen and oxygen atoms in total. The van der Waals surface area contributed by atoms with E-state index < -0.39 is 0 Å². The van der Waals surface area contributed by atoms with Gasteiger partial charge in [-0.05, 0) is 42.0 Å². The molecule has 0 aliphatic heterocycles. The Morgan fingerprint density at radius 1 is 1.00 bits per heavy atom. The molecule has 0 saturated heterocycles. The van der Waals surface area contributed by atoms with Crippen LogP contribution in [-0.2, 0) is 4.79 Å². The van der Waals surface area contributed by atoms with Crippen LogP contribution in [0.2, 0.25) is 5.02 Å². The fraction of sp³-hybridized carbons (Fsp3) is 0.182. The topological polar surface area (TPSA) is 78.9 Å². The third kappa shape index (κ3) is 5.28. The van der Waals surface area contributed by atoms with Crippen LogP contribution in [0.15, 0.2) is 41.8 Å². The minimum atomic E-state index is -0.317. The van der Waals surface area contributed by atoms with Gasteiger partial charge in [-0.2, -0.15) is 0 Å². The van der Waals surface area contributed by atoms with Gasteiger partial charge >= 0.3 is 0 Å². The molecule has 0 aliphatic carbocycles. The van der Waals surface area contributed by atoms with E-state index in [-0.39, 0.29) is 5.91 Å². The average Bonchev–Trinajstić information content (AvgIpc) is 3.25. The molecule has 0 aliphatic rings. The molecule has 0 fully saturated rings. The average molecular weight is 461 g/mol. The Balaban J connectivity index is 1.72. The number of amides is 1. The smallest absolute Gasteiger partial charge is 0.250 e. The highest BCUT2D eigenvalue weighted by atomic mass is 35.5. The first kappa shape index (κ1) is 22.5. The van der Waals surface area contributed by atoms with Crippen molar-refractivity contribution < 1.29 is 23.7 Å². The molecule has 3 aromatic rings. The van der Waals surface area contributed by atoms with Gasteiger partial charge in [-0.1, -0.05) is 11.6 Å². The van der Waals surface area contributed by atoms with E-state index in [0.29, 0.717) is 38.8 Å². The number of hydrogen-bond acceptors (Lipinski definition) is 7. The van der Waals surface area contributed by atoms with Crippen LogP contribution in [0.5, 0.6) is 23.0 Å². The van der Waals surface area contributed by atoms with Crippen molar-refractivity contribution in [2.75, 3.05) is 33.8 Å². The number of methoxy groups -OCH3 is 4. The van der Waals surface area contributed by atoms with Crippen LogP contribution in [0, 0.1) is 0 Å². The van der Waals surface area contributed by atoms with Gasteiger partial charge in [0.25, 0.3) is 0 Å². The Labute approximate surface area is 189 Å². The third-order valence-corrected chi connectivity index (χ3v) is 5.35. The lowest BCUT2D eigenvalue weighted by molar-refractivity contribution is -0.111. The molecule has 0 radical (unpaired) electrons. The number of aromatic nitrogens is 1. The van der Waals surface area contributed by atoms with E-state index in [2.05, 4.69) is 10.3 Å². The van der Waals surface area contributed by atoms with Crippen molar-refractivity contribution in [3.05, 3.63) is 52.4 Å². The maximum Gasteiger partial charge on any atom is 0.250 e. The van der Waals surface area contributed by atoms with E-state index in [1.807, 2.05) is 11.4 Å². The van der Waals surface area contributed by atoms with Gasteiger partial charge in [-0.25, -0.2) is 4.98 Å². The first-order valence-corrected chi connectivity index (χ1v) is 10.3. The van der Waals surface area contributed by atoms with Crippen molar-refractivity contribution in [3.63, 3.8) is 0 Å². The Morgan fingerprint density at radius 3 is 2.26 bits per heavy atom. The van der Waals surface area contributed by atoms with Crippen molar-refractivity contribution in [2.45, 2.75) is 0 Å². The standard InChI is InChI=1S/C22H21ClN2O5S/c1-27-17-7-6-14(11-15(17)23)16-12-31-22(24-16)25-20(26)8-5-13-9-18(28-2)21(30-4)19(10-13)29-3/h5-12H,1-4H3,(H,24,25,26). The lowest BCUT2D eigenvalue weighted by Gasteiger charge is -2.12. The lowest BCUT2D eigenvalue weighted by atomic mass is 10.1. The minimum absolute atomic E-state index is 0.317. The molecular weight excluding hydrogens is 440 g/mol. The molecule has 2 aromatic carbocycles. The molecule has 31 heavy (non-hydrogen) atoms. The van der Waals surface area contributed by atoms with Crippen molar-refractivity contribution >= 4 is 40.1 Å². The molecule has 162 valence electrons. The second-order valence-electron chi connectivity index (χ2n) is 6.17. The Morgan fingerprint density at radius 2 is 1.68 bits per heavy atom. The van der Waals surface area contributed by atoms with Crippen molar-refractivity contribution in [1.29, 1.82) is 0 Å². The van der Waals surface area contributed by atoms with E-state index in [1.165, 1.54) is 38.7 Å². The number of hydrogen-bond donors (Lipinski definition) is 1. The monoisotopic (exact) mass is 460 g/mol. The molecule has 1 amide bonds. The van der Waals surface area contributed by atoms with Gasteiger partial charge in [0.05, 0.1) is 39.2 Å². The van der Waals surface area contributed by atoms with Crippen molar-refractivity contribution in [2.24, 2.45) is 0 Å². The summed E-state index contributed by atoms with van der Waals surface area (Å²) in [5.74, 6) is 1.77. The van der Waals surface area contributed by atoms with Gasteiger partial charge in [0.1, 0.15) is 5.75 Å². The van der Waals surface area contributed by atoms with Gasteiger partial charge in [-0.3, -0.25) is 10.1 Å². The van der Waals surface area contributed by atoms with E-state index in [1.54, 1.807) is 37.5 Å². The quantitative estimate of drug-likeness (QED) is 0.468. The number of carbonyl (C=O) groups is 1. The molecular formula is C22H21ClN2O5S. The first-order valence-electron chi connectivity index (χ1n) is 9.07. The summed E-state index contributed by atoms with van der Waals surface area (Å²) in [6, 6.07) is 8.90. The fourth-order valence-electron chi connectivity index (χ4n) is 2.81. The number of halogens is 1. The second-order valence-corrected chi connectivity index (χ2v) is 7.43. The van der Waals surface area contributed by atoms with Crippen molar-refractivity contribution in [3.8, 4) is 34.3 Å². The molecule has 3 rings (SSSR count). The molecule has 9 heteroatoms. The summed E-state index contributed by atoms with van der Waals surface area (Å²) in [6.07, 6.45) is 3.06. The normalized spacial score (nSPS) is 10.7. The first-order chi connectivity index (χ1) is 15.0. The third-order valence-electron chi connectivity index (χ3n) is 4.30. The van der Waals surface area contributed by atoms with Gasteiger partial charge in [0, 0.05) is 17.0 Å². The summed E-state index contributed by atoms with van der Waals surface area (Å²) in [7, 11) is 6.16. The van der Waals surface area contributed by atoms with Gasteiger partial charge in [0.15, 0.2) is 16.6 Å². The SMILES string of the molecule is COc1ccc(-c2csc(NC(=O)C=Cc3cc(OC)c(OC)c(OC)c3)n2)cc1Cl. The lowest BCUT2D eigenvalue weighted by Crippen LogP contribution is -2.07. The van der Waals surface area contributed by atoms with Gasteiger partial charge < -0.3 is 18.9 Å². The number of nitrogens with one attached hydrogen (secondary N) is 1. The van der Waals surface area contributed by atoms with E-state index in [0.717, 1.165) is 11.1 Å². The molecule has 1 aromatic heterocycles. The number of thiazole rings is 1. The second kappa shape index (κ2) is 10.2. The highest BCUT2D eigenvalue weighted by Crippen LogP contribution is 2.38. The summed E-state index contributed by atoms with van der Waals surface area (Å²) in [5, 5.41) is 5.57. The number of ether oxygens (including phenoxy) is 4. The molecule has 0 atom stereocenters. The molecule has 0 unspecified atom stereocenters. The predicted molar refractivity (Wildman–Crippen MR) is 123 cm³/mol. The number of carbonyl (C=O) groups excluding carboxylic acids is 1. The molecule has 1 heterocycles. The maximum absolute atomic E-state index is 12.3. The zero-order valence-electron chi connectivity index (χ0n) is 17.4. The highest BCUT2D eigenvalue weighted by Gasteiger charge is 2.13. The van der Waals surface area contributed by atoms with Crippen LogP contribution >= 0.6 is 22.9 Å². The summed E-state index contributed by atoms with van der Waals surface area (Å²) in [5.41, 5.74) is 2.26. The van der Waals surface area contributed by atoms with Gasteiger partial charge in [-0.15, -0.1) is 11.3 Å². The Bertz CT molecular complexity index is 1090. The Hall–Kier alpha value is -3.23. The van der Waals surface area contributed by atoms with E-state index in [9.17, 15) is 4.79 Å². The van der Waals surface area contributed by atoms with Gasteiger partial charge in [0.2, 0.25) is 11.7 Å². The summed E-state index contributed by atoms with van der Waals surface area (Å²) < 4.78 is 21.1. The van der Waals surface area contributed by atoms with E-state index in [4.69, 9.17) is 30.5 Å². The molecule has 0 bridgehead atoms. The predicted octanol–water partition coefficient (Wildman–Crippen LogP) is 5.15. The van der Waals surface area contributed by atoms with Crippen LogP contribution in [-0.4, -0.2) is 39.3 Å². The maximum atomic E-state index is 12.3. The molecule has 0 saturated carbocycles. The van der Waals surface area contributed by atoms with E-state index >= 15 is 0 Å². The van der Waals surface area contributed by atoms with Crippen molar-refractivity contribution in [1.82, 2.24) is 4.98 Å². The summed E-state index contributed by atoms with van der Waals surface area (Å²) in [4.78, 5) is 16.8. The van der Waals surface area contributed by atoms with Crippen LogP contribution in [0.3, 0.4) is 0 Å². The van der Waals surface area contributed by atoms with Crippen LogP contribution in [0.4, 0.5) is 5.13 Å². The van der Waals surface area contributed by atoms with Crippen LogP contribution in [0.1, 0.15) is 5.56 Å². The fourth-order valence-corrected chi connectivity index (χ4v) is 3.79. The zero-order valence-corrected chi connectivity index (χ0v) is 19.0. The van der Waals surface area contributed by atoms with Crippen LogP contribution < -0.4 is 24.3 Å². The minimum Gasteiger partial charge on any atom is -0.495 e. The number of nitrogens with zero attached hydrogens (tertiary/aromatic N) is 1. The number of anilines is 1.